The van der Waals surface area contributed by atoms with Crippen molar-refractivity contribution >= 4 is 22.4 Å². The molecule has 1 atom stereocenters. The van der Waals surface area contributed by atoms with Crippen LogP contribution in [0, 0.1) is 13.8 Å². The number of ether oxygens (including phenoxy) is 1. The highest BCUT2D eigenvalue weighted by Gasteiger charge is 2.23. The lowest BCUT2D eigenvalue weighted by atomic mass is 10.2. The second-order valence-electron chi connectivity index (χ2n) is 5.64. The van der Waals surface area contributed by atoms with Crippen LogP contribution in [0.2, 0.25) is 0 Å². The molecule has 1 unspecified atom stereocenters. The summed E-state index contributed by atoms with van der Waals surface area (Å²) in [5.41, 5.74) is 1.13. The number of rotatable bonds is 5. The molecule has 0 spiro atoms. The maximum Gasteiger partial charge on any atom is 0.240 e. The van der Waals surface area contributed by atoms with Crippen LogP contribution in [0.4, 0.5) is 5.13 Å². The van der Waals surface area contributed by atoms with E-state index in [0.29, 0.717) is 31.4 Å². The van der Waals surface area contributed by atoms with Gasteiger partial charge >= 0.3 is 0 Å². The summed E-state index contributed by atoms with van der Waals surface area (Å²) in [5.74, 6) is -0.0725. The zero-order chi connectivity index (χ0) is 16.2. The van der Waals surface area contributed by atoms with Gasteiger partial charge in [0.05, 0.1) is 32.0 Å². The summed E-state index contributed by atoms with van der Waals surface area (Å²) in [6.45, 7) is 6.97. The Kier molecular flexibility index (Phi) is 4.99. The summed E-state index contributed by atoms with van der Waals surface area (Å²) in [6.07, 6.45) is 3.87. The molecule has 23 heavy (non-hydrogen) atoms. The summed E-state index contributed by atoms with van der Waals surface area (Å²) in [7, 11) is 0. The SMILES string of the molecule is Cc1cnn(CC2CN(CC(=O)Nc3nnc(C)s3)CCO2)c1. The Labute approximate surface area is 138 Å². The van der Waals surface area contributed by atoms with Crippen LogP contribution >= 0.6 is 11.3 Å². The number of carbonyl (C=O) groups is 1. The van der Waals surface area contributed by atoms with E-state index in [-0.39, 0.29) is 12.0 Å². The summed E-state index contributed by atoms with van der Waals surface area (Å²) < 4.78 is 7.65. The first-order valence-electron chi connectivity index (χ1n) is 7.51. The maximum atomic E-state index is 12.1. The predicted octanol–water partition coefficient (Wildman–Crippen LogP) is 0.691. The molecule has 1 amide bonds. The number of morpholine rings is 1. The molecule has 1 aliphatic rings. The number of carbonyl (C=O) groups excluding carboxylic acids is 1. The van der Waals surface area contributed by atoms with Crippen molar-refractivity contribution in [2.75, 3.05) is 31.6 Å². The molecule has 0 saturated carbocycles. The van der Waals surface area contributed by atoms with Crippen LogP contribution < -0.4 is 5.32 Å². The van der Waals surface area contributed by atoms with Gasteiger partial charge in [0.2, 0.25) is 11.0 Å². The first kappa shape index (κ1) is 16.0. The third-order valence-electron chi connectivity index (χ3n) is 3.52. The van der Waals surface area contributed by atoms with Crippen molar-refractivity contribution < 1.29 is 9.53 Å². The van der Waals surface area contributed by atoms with Crippen LogP contribution in [-0.2, 0) is 16.1 Å². The minimum atomic E-state index is -0.0725. The Morgan fingerprint density at radius 2 is 2.35 bits per heavy atom. The van der Waals surface area contributed by atoms with Gasteiger partial charge < -0.3 is 4.74 Å². The van der Waals surface area contributed by atoms with E-state index >= 15 is 0 Å². The van der Waals surface area contributed by atoms with Gasteiger partial charge in [-0.25, -0.2) is 0 Å². The van der Waals surface area contributed by atoms with Crippen molar-refractivity contribution in [1.29, 1.82) is 0 Å². The van der Waals surface area contributed by atoms with Crippen LogP contribution in [0.15, 0.2) is 12.4 Å². The molecule has 0 aromatic carbocycles. The van der Waals surface area contributed by atoms with E-state index in [2.05, 4.69) is 25.5 Å². The first-order chi connectivity index (χ1) is 11.1. The lowest BCUT2D eigenvalue weighted by Crippen LogP contribution is -2.47. The number of nitrogens with one attached hydrogen (secondary N) is 1. The molecule has 1 aliphatic heterocycles. The molecule has 0 bridgehead atoms. The fraction of sp³-hybridized carbons (Fsp3) is 0.571. The van der Waals surface area contributed by atoms with Gasteiger partial charge in [0, 0.05) is 19.3 Å². The Morgan fingerprint density at radius 3 is 3.04 bits per heavy atom. The second-order valence-corrected chi connectivity index (χ2v) is 6.82. The molecule has 3 heterocycles. The van der Waals surface area contributed by atoms with E-state index in [1.54, 1.807) is 0 Å². The van der Waals surface area contributed by atoms with Crippen LogP contribution in [0.25, 0.3) is 0 Å². The Bertz CT molecular complexity index is 670. The highest BCUT2D eigenvalue weighted by molar-refractivity contribution is 7.15. The van der Waals surface area contributed by atoms with Gasteiger partial charge in [-0.3, -0.25) is 19.7 Å². The number of aromatic nitrogens is 4. The Hall–Kier alpha value is -1.84. The topological polar surface area (TPSA) is 85.2 Å². The van der Waals surface area contributed by atoms with Crippen LogP contribution in [0.5, 0.6) is 0 Å². The number of anilines is 1. The van der Waals surface area contributed by atoms with E-state index < -0.39 is 0 Å². The average Bonchev–Trinajstić information content (AvgIpc) is 3.08. The van der Waals surface area contributed by atoms with Gasteiger partial charge in [0.15, 0.2) is 0 Å². The molecule has 124 valence electrons. The monoisotopic (exact) mass is 336 g/mol. The molecular formula is C14H20N6O2S. The van der Waals surface area contributed by atoms with Crippen LogP contribution in [0.1, 0.15) is 10.6 Å². The number of hydrogen-bond acceptors (Lipinski definition) is 7. The van der Waals surface area contributed by atoms with E-state index in [1.807, 2.05) is 30.9 Å². The van der Waals surface area contributed by atoms with Crippen molar-refractivity contribution in [3.63, 3.8) is 0 Å². The summed E-state index contributed by atoms with van der Waals surface area (Å²) in [6, 6.07) is 0. The van der Waals surface area contributed by atoms with Crippen molar-refractivity contribution in [1.82, 2.24) is 24.9 Å². The highest BCUT2D eigenvalue weighted by atomic mass is 32.1. The number of hydrogen-bond donors (Lipinski definition) is 1. The standard InChI is InChI=1S/C14H20N6O2S/c1-10-5-15-20(6-10)8-12-7-19(3-4-22-12)9-13(21)16-14-18-17-11(2)23-14/h5-6,12H,3-4,7-9H2,1-2H3,(H,16,18,21). The van der Waals surface area contributed by atoms with Gasteiger partial charge in [-0.15, -0.1) is 10.2 Å². The first-order valence-corrected chi connectivity index (χ1v) is 8.33. The molecule has 2 aromatic heterocycles. The summed E-state index contributed by atoms with van der Waals surface area (Å²) >= 11 is 1.37. The second kappa shape index (κ2) is 7.16. The fourth-order valence-corrected chi connectivity index (χ4v) is 3.13. The molecule has 1 saturated heterocycles. The van der Waals surface area contributed by atoms with Crippen LogP contribution in [-0.4, -0.2) is 63.1 Å². The molecule has 9 heteroatoms. The minimum Gasteiger partial charge on any atom is -0.374 e. The molecule has 2 aromatic rings. The summed E-state index contributed by atoms with van der Waals surface area (Å²) in [5, 5.41) is 16.2. The van der Waals surface area contributed by atoms with Gasteiger partial charge in [0.25, 0.3) is 0 Å². The van der Waals surface area contributed by atoms with Crippen LogP contribution in [0.3, 0.4) is 0 Å². The lowest BCUT2D eigenvalue weighted by Gasteiger charge is -2.32. The fourth-order valence-electron chi connectivity index (χ4n) is 2.52. The lowest BCUT2D eigenvalue weighted by molar-refractivity contribution is -0.119. The maximum absolute atomic E-state index is 12.1. The van der Waals surface area contributed by atoms with Gasteiger partial charge in [-0.1, -0.05) is 11.3 Å². The molecule has 1 fully saturated rings. The average molecular weight is 336 g/mol. The van der Waals surface area contributed by atoms with Crippen molar-refractivity contribution in [2.24, 2.45) is 0 Å². The van der Waals surface area contributed by atoms with Gasteiger partial charge in [-0.2, -0.15) is 5.10 Å². The van der Waals surface area contributed by atoms with E-state index in [1.165, 1.54) is 11.3 Å². The number of nitrogens with zero attached hydrogens (tertiary/aromatic N) is 5. The van der Waals surface area contributed by atoms with E-state index in [0.717, 1.165) is 17.1 Å². The third kappa shape index (κ3) is 4.57. The van der Waals surface area contributed by atoms with Crippen molar-refractivity contribution in [3.8, 4) is 0 Å². The summed E-state index contributed by atoms with van der Waals surface area (Å²) in [4.78, 5) is 14.2. The zero-order valence-electron chi connectivity index (χ0n) is 13.2. The third-order valence-corrected chi connectivity index (χ3v) is 4.27. The molecule has 0 radical (unpaired) electrons. The molecular weight excluding hydrogens is 316 g/mol. The number of aryl methyl sites for hydroxylation is 2. The molecule has 1 N–H and O–H groups in total. The van der Waals surface area contributed by atoms with Crippen molar-refractivity contribution in [3.05, 3.63) is 23.0 Å². The normalized spacial score (nSPS) is 19.0. The van der Waals surface area contributed by atoms with Gasteiger partial charge in [0.1, 0.15) is 5.01 Å². The Balaban J connectivity index is 1.49. The molecule has 8 nitrogen and oxygen atoms in total. The zero-order valence-corrected chi connectivity index (χ0v) is 14.0. The quantitative estimate of drug-likeness (QED) is 0.865. The largest absolute Gasteiger partial charge is 0.374 e. The minimum absolute atomic E-state index is 0.0413. The molecule has 3 rings (SSSR count). The van der Waals surface area contributed by atoms with E-state index in [4.69, 9.17) is 4.74 Å². The molecule has 0 aliphatic carbocycles. The highest BCUT2D eigenvalue weighted by Crippen LogP contribution is 2.14. The Morgan fingerprint density at radius 1 is 1.48 bits per heavy atom. The smallest absolute Gasteiger partial charge is 0.240 e. The van der Waals surface area contributed by atoms with Crippen molar-refractivity contribution in [2.45, 2.75) is 26.5 Å². The van der Waals surface area contributed by atoms with Gasteiger partial charge in [-0.05, 0) is 19.4 Å². The van der Waals surface area contributed by atoms with E-state index in [9.17, 15) is 4.79 Å². The number of amides is 1. The predicted molar refractivity (Wildman–Crippen MR) is 86.4 cm³/mol.